The highest BCUT2D eigenvalue weighted by Crippen LogP contribution is 2.49. The average Bonchev–Trinajstić information content (AvgIpc) is 2.56. The summed E-state index contributed by atoms with van der Waals surface area (Å²) in [5.41, 5.74) is 1.26. The van der Waals surface area contributed by atoms with Crippen LogP contribution in [0.3, 0.4) is 0 Å². The number of carboxylic acid groups (broad SMARTS) is 1. The van der Waals surface area contributed by atoms with Crippen LogP contribution in [0.2, 0.25) is 0 Å². The topological polar surface area (TPSA) is 95.5 Å². The number of amides is 2. The van der Waals surface area contributed by atoms with E-state index in [1.165, 1.54) is 6.92 Å². The summed E-state index contributed by atoms with van der Waals surface area (Å²) in [5, 5.41) is 15.1. The minimum atomic E-state index is -0.856. The van der Waals surface area contributed by atoms with E-state index < -0.39 is 17.8 Å². The molecule has 0 radical (unpaired) electrons. The predicted octanol–water partition coefficient (Wildman–Crippen LogP) is 2.72. The van der Waals surface area contributed by atoms with Crippen LogP contribution < -0.4 is 10.6 Å². The van der Waals surface area contributed by atoms with E-state index >= 15 is 0 Å². The molecule has 3 fully saturated rings. The van der Waals surface area contributed by atoms with Gasteiger partial charge < -0.3 is 15.7 Å². The maximum atomic E-state index is 12.7. The van der Waals surface area contributed by atoms with Gasteiger partial charge >= 0.3 is 5.97 Å². The molecule has 0 saturated heterocycles. The fourth-order valence-corrected chi connectivity index (χ4v) is 4.25. The summed E-state index contributed by atoms with van der Waals surface area (Å²) in [6, 6.07) is 6.83. The largest absolute Gasteiger partial charge is 0.481 e. The Morgan fingerprint density at radius 2 is 1.33 bits per heavy atom. The van der Waals surface area contributed by atoms with E-state index in [0.29, 0.717) is 11.4 Å². The molecule has 3 aliphatic carbocycles. The Kier molecular flexibility index (Phi) is 4.55. The van der Waals surface area contributed by atoms with Gasteiger partial charge in [0.15, 0.2) is 0 Å². The lowest BCUT2D eigenvalue weighted by atomic mass is 9.58. The Bertz CT molecular complexity index is 647. The van der Waals surface area contributed by atoms with Gasteiger partial charge in [-0.25, -0.2) is 0 Å². The summed E-state index contributed by atoms with van der Waals surface area (Å²) in [5.74, 6) is -1.97. The van der Waals surface area contributed by atoms with E-state index in [0.717, 1.165) is 25.7 Å². The molecule has 2 atom stereocenters. The van der Waals surface area contributed by atoms with Crippen LogP contribution in [-0.4, -0.2) is 22.9 Å². The molecule has 1 aromatic rings. The van der Waals surface area contributed by atoms with Crippen molar-refractivity contribution < 1.29 is 19.5 Å². The van der Waals surface area contributed by atoms with Gasteiger partial charge in [-0.2, -0.15) is 0 Å². The van der Waals surface area contributed by atoms with Crippen molar-refractivity contribution in [2.24, 2.45) is 23.7 Å². The smallest absolute Gasteiger partial charge is 0.307 e. The van der Waals surface area contributed by atoms with E-state index in [9.17, 15) is 19.5 Å². The van der Waals surface area contributed by atoms with E-state index in [2.05, 4.69) is 10.6 Å². The monoisotopic (exact) mass is 330 g/mol. The van der Waals surface area contributed by atoms with E-state index in [1.54, 1.807) is 24.3 Å². The van der Waals surface area contributed by atoms with Crippen LogP contribution in [0, 0.1) is 23.7 Å². The molecule has 0 heterocycles. The number of hydrogen-bond donors (Lipinski definition) is 3. The van der Waals surface area contributed by atoms with Gasteiger partial charge in [-0.05, 0) is 61.8 Å². The number of rotatable bonds is 4. The molecular formula is C18H22N2O4. The van der Waals surface area contributed by atoms with Crippen molar-refractivity contribution >= 4 is 29.2 Å². The summed E-state index contributed by atoms with van der Waals surface area (Å²) in [4.78, 5) is 35.3. The molecule has 3 N–H and O–H groups in total. The standard InChI is InChI=1S/C18H22N2O4/c1-10(21)19-13-6-8-14(9-7-13)20-17(22)15-11-2-4-12(5-3-11)16(15)18(23)24/h6-9,11-12,15-16H,2-5H2,1H3,(H,19,21)(H,20,22)(H,23,24)/t11?,12?,15-,16-/m0/s1. The molecule has 2 bridgehead atoms. The number of aliphatic carboxylic acids is 1. The molecule has 128 valence electrons. The van der Waals surface area contributed by atoms with E-state index in [1.807, 2.05) is 0 Å². The summed E-state index contributed by atoms with van der Waals surface area (Å²) in [6.07, 6.45) is 3.70. The fraction of sp³-hybridized carbons (Fsp3) is 0.500. The molecule has 0 unspecified atom stereocenters. The number of carbonyl (C=O) groups excluding carboxylic acids is 2. The van der Waals surface area contributed by atoms with Gasteiger partial charge in [-0.1, -0.05) is 0 Å². The molecule has 6 heteroatoms. The zero-order valence-electron chi connectivity index (χ0n) is 13.6. The Morgan fingerprint density at radius 3 is 1.79 bits per heavy atom. The summed E-state index contributed by atoms with van der Waals surface area (Å²) < 4.78 is 0. The SMILES string of the molecule is CC(=O)Nc1ccc(NC(=O)[C@H]2C3CCC(CC3)[C@@H]2C(=O)O)cc1. The van der Waals surface area contributed by atoms with Crippen LogP contribution in [0.4, 0.5) is 11.4 Å². The van der Waals surface area contributed by atoms with Gasteiger partial charge in [-0.15, -0.1) is 0 Å². The highest BCUT2D eigenvalue weighted by molar-refractivity contribution is 5.96. The molecule has 2 amide bonds. The van der Waals surface area contributed by atoms with Crippen molar-refractivity contribution in [3.63, 3.8) is 0 Å². The number of carboxylic acids is 1. The van der Waals surface area contributed by atoms with Crippen LogP contribution in [0.15, 0.2) is 24.3 Å². The third kappa shape index (κ3) is 3.27. The highest BCUT2D eigenvalue weighted by atomic mass is 16.4. The molecule has 0 aromatic heterocycles. The minimum absolute atomic E-state index is 0.116. The first kappa shape index (κ1) is 16.5. The van der Waals surface area contributed by atoms with Crippen LogP contribution >= 0.6 is 0 Å². The lowest BCUT2D eigenvalue weighted by Crippen LogP contribution is -2.49. The van der Waals surface area contributed by atoms with Crippen molar-refractivity contribution in [3.05, 3.63) is 24.3 Å². The van der Waals surface area contributed by atoms with Gasteiger partial charge in [0.2, 0.25) is 11.8 Å². The Hall–Kier alpha value is -2.37. The van der Waals surface area contributed by atoms with E-state index in [-0.39, 0.29) is 23.7 Å². The number of fused-ring (bicyclic) bond motifs is 3. The highest BCUT2D eigenvalue weighted by Gasteiger charge is 2.50. The van der Waals surface area contributed by atoms with Crippen molar-refractivity contribution in [1.82, 2.24) is 0 Å². The van der Waals surface area contributed by atoms with E-state index in [4.69, 9.17) is 0 Å². The molecule has 3 saturated carbocycles. The molecule has 0 aliphatic heterocycles. The Morgan fingerprint density at radius 1 is 0.875 bits per heavy atom. The quantitative estimate of drug-likeness (QED) is 0.791. The maximum absolute atomic E-state index is 12.7. The molecule has 4 rings (SSSR count). The maximum Gasteiger partial charge on any atom is 0.307 e. The first-order chi connectivity index (χ1) is 11.5. The number of carbonyl (C=O) groups is 3. The molecule has 0 spiro atoms. The van der Waals surface area contributed by atoms with Crippen molar-refractivity contribution in [1.29, 1.82) is 0 Å². The van der Waals surface area contributed by atoms with Gasteiger partial charge in [0, 0.05) is 18.3 Å². The zero-order valence-corrected chi connectivity index (χ0v) is 13.6. The Balaban J connectivity index is 1.71. The van der Waals surface area contributed by atoms with Gasteiger partial charge in [0.25, 0.3) is 0 Å². The van der Waals surface area contributed by atoms with Crippen molar-refractivity contribution in [2.45, 2.75) is 32.6 Å². The zero-order chi connectivity index (χ0) is 17.3. The average molecular weight is 330 g/mol. The molecular weight excluding hydrogens is 308 g/mol. The minimum Gasteiger partial charge on any atom is -0.481 e. The normalized spacial score (nSPS) is 28.2. The first-order valence-corrected chi connectivity index (χ1v) is 8.37. The lowest BCUT2D eigenvalue weighted by Gasteiger charge is -2.45. The van der Waals surface area contributed by atoms with Gasteiger partial charge in [-0.3, -0.25) is 14.4 Å². The van der Waals surface area contributed by atoms with Crippen molar-refractivity contribution in [3.8, 4) is 0 Å². The molecule has 3 aliphatic rings. The second-order valence-corrected chi connectivity index (χ2v) is 6.81. The number of benzene rings is 1. The first-order valence-electron chi connectivity index (χ1n) is 8.37. The Labute approximate surface area is 140 Å². The summed E-state index contributed by atoms with van der Waals surface area (Å²) in [7, 11) is 0. The molecule has 1 aromatic carbocycles. The summed E-state index contributed by atoms with van der Waals surface area (Å²) >= 11 is 0. The molecule has 24 heavy (non-hydrogen) atoms. The third-order valence-electron chi connectivity index (χ3n) is 5.28. The number of nitrogens with one attached hydrogen (secondary N) is 2. The van der Waals surface area contributed by atoms with Gasteiger partial charge in [0.1, 0.15) is 0 Å². The van der Waals surface area contributed by atoms with Gasteiger partial charge in [0.05, 0.1) is 11.8 Å². The summed E-state index contributed by atoms with van der Waals surface area (Å²) in [6.45, 7) is 1.43. The molecule has 6 nitrogen and oxygen atoms in total. The van der Waals surface area contributed by atoms with Crippen LogP contribution in [0.5, 0.6) is 0 Å². The van der Waals surface area contributed by atoms with Crippen LogP contribution in [-0.2, 0) is 14.4 Å². The lowest BCUT2D eigenvalue weighted by molar-refractivity contribution is -0.156. The number of hydrogen-bond acceptors (Lipinski definition) is 3. The van der Waals surface area contributed by atoms with Crippen LogP contribution in [0.1, 0.15) is 32.6 Å². The predicted molar refractivity (Wildman–Crippen MR) is 89.4 cm³/mol. The van der Waals surface area contributed by atoms with Crippen molar-refractivity contribution in [2.75, 3.05) is 10.6 Å². The fourth-order valence-electron chi connectivity index (χ4n) is 4.25. The second-order valence-electron chi connectivity index (χ2n) is 6.81. The second kappa shape index (κ2) is 6.63. The van der Waals surface area contributed by atoms with Crippen LogP contribution in [0.25, 0.3) is 0 Å². The number of anilines is 2. The third-order valence-corrected chi connectivity index (χ3v) is 5.28.